The minimum Gasteiger partial charge on any atom is -0.472 e. The molecule has 3 nitrogen and oxygen atoms in total. The van der Waals surface area contributed by atoms with E-state index in [1.807, 2.05) is 30.3 Å². The number of nitrogens with one attached hydrogen (secondary N) is 1. The highest BCUT2D eigenvalue weighted by atomic mass is 79.9. The molecule has 3 N–H and O–H groups in total. The van der Waals surface area contributed by atoms with Crippen LogP contribution in [0.4, 0.5) is 0 Å². The molecular formula is C11H11BrN2O. The summed E-state index contributed by atoms with van der Waals surface area (Å²) in [6.45, 7) is 0. The van der Waals surface area contributed by atoms with Crippen LogP contribution < -0.4 is 11.3 Å². The molecule has 1 aromatic carbocycles. The smallest absolute Gasteiger partial charge is 0.0954 e. The van der Waals surface area contributed by atoms with E-state index in [0.29, 0.717) is 0 Å². The van der Waals surface area contributed by atoms with Crippen molar-refractivity contribution in [2.24, 2.45) is 5.84 Å². The minimum atomic E-state index is -0.0307. The predicted molar refractivity (Wildman–Crippen MR) is 62.0 cm³/mol. The first-order chi connectivity index (χ1) is 7.31. The fraction of sp³-hybridized carbons (Fsp3) is 0.0909. The summed E-state index contributed by atoms with van der Waals surface area (Å²) in [7, 11) is 0. The van der Waals surface area contributed by atoms with Crippen molar-refractivity contribution in [1.82, 2.24) is 5.43 Å². The van der Waals surface area contributed by atoms with Crippen molar-refractivity contribution < 1.29 is 4.42 Å². The SMILES string of the molecule is NNC(c1ccc(Br)cc1)c1ccoc1. The van der Waals surface area contributed by atoms with Gasteiger partial charge in [0.15, 0.2) is 0 Å². The summed E-state index contributed by atoms with van der Waals surface area (Å²) in [5, 5.41) is 0. The molecule has 0 saturated carbocycles. The summed E-state index contributed by atoms with van der Waals surface area (Å²) >= 11 is 3.40. The van der Waals surface area contributed by atoms with Crippen LogP contribution >= 0.6 is 15.9 Å². The molecule has 0 amide bonds. The van der Waals surface area contributed by atoms with Crippen molar-refractivity contribution in [3.8, 4) is 0 Å². The van der Waals surface area contributed by atoms with Gasteiger partial charge in [0.05, 0.1) is 18.6 Å². The number of halogens is 1. The first-order valence-corrected chi connectivity index (χ1v) is 5.34. The molecule has 0 radical (unpaired) electrons. The van der Waals surface area contributed by atoms with Gasteiger partial charge in [-0.3, -0.25) is 5.84 Å². The van der Waals surface area contributed by atoms with E-state index in [-0.39, 0.29) is 6.04 Å². The van der Waals surface area contributed by atoms with Gasteiger partial charge in [-0.1, -0.05) is 28.1 Å². The molecule has 4 heteroatoms. The van der Waals surface area contributed by atoms with E-state index < -0.39 is 0 Å². The van der Waals surface area contributed by atoms with E-state index in [1.165, 1.54) is 0 Å². The molecule has 0 spiro atoms. The fourth-order valence-electron chi connectivity index (χ4n) is 1.48. The molecule has 1 aromatic heterocycles. The Morgan fingerprint density at radius 2 is 1.87 bits per heavy atom. The van der Waals surface area contributed by atoms with Crippen LogP contribution in [0.15, 0.2) is 51.7 Å². The molecule has 78 valence electrons. The van der Waals surface area contributed by atoms with Gasteiger partial charge in [0.2, 0.25) is 0 Å². The van der Waals surface area contributed by atoms with Crippen LogP contribution in [-0.4, -0.2) is 0 Å². The lowest BCUT2D eigenvalue weighted by Crippen LogP contribution is -2.28. The summed E-state index contributed by atoms with van der Waals surface area (Å²) in [6.07, 6.45) is 3.32. The molecular weight excluding hydrogens is 256 g/mol. The average molecular weight is 267 g/mol. The molecule has 0 aliphatic carbocycles. The summed E-state index contributed by atoms with van der Waals surface area (Å²) in [5.74, 6) is 5.53. The average Bonchev–Trinajstić information content (AvgIpc) is 2.75. The monoisotopic (exact) mass is 266 g/mol. The second-order valence-corrected chi connectivity index (χ2v) is 4.12. The second kappa shape index (κ2) is 4.61. The molecule has 15 heavy (non-hydrogen) atoms. The summed E-state index contributed by atoms with van der Waals surface area (Å²) in [4.78, 5) is 0. The Hall–Kier alpha value is -1.10. The fourth-order valence-corrected chi connectivity index (χ4v) is 1.74. The van der Waals surface area contributed by atoms with Crippen molar-refractivity contribution in [2.75, 3.05) is 0 Å². The van der Waals surface area contributed by atoms with Crippen molar-refractivity contribution in [1.29, 1.82) is 0 Å². The molecule has 0 bridgehead atoms. The number of benzene rings is 1. The van der Waals surface area contributed by atoms with Crippen LogP contribution in [0.1, 0.15) is 17.2 Å². The van der Waals surface area contributed by atoms with E-state index in [2.05, 4.69) is 21.4 Å². The Labute approximate surface area is 96.4 Å². The van der Waals surface area contributed by atoms with E-state index in [9.17, 15) is 0 Å². The third-order valence-electron chi connectivity index (χ3n) is 2.25. The van der Waals surface area contributed by atoms with Crippen molar-refractivity contribution in [2.45, 2.75) is 6.04 Å². The van der Waals surface area contributed by atoms with Gasteiger partial charge in [0.25, 0.3) is 0 Å². The Balaban J connectivity index is 2.31. The molecule has 1 heterocycles. The first kappa shape index (κ1) is 10.4. The third kappa shape index (κ3) is 2.28. The number of hydrazine groups is 1. The normalized spacial score (nSPS) is 12.7. The predicted octanol–water partition coefficient (Wildman–Crippen LogP) is 2.59. The zero-order valence-electron chi connectivity index (χ0n) is 7.98. The van der Waals surface area contributed by atoms with Crippen LogP contribution in [0.2, 0.25) is 0 Å². The van der Waals surface area contributed by atoms with Gasteiger partial charge in [-0.2, -0.15) is 0 Å². The van der Waals surface area contributed by atoms with Gasteiger partial charge in [-0.05, 0) is 23.8 Å². The van der Waals surface area contributed by atoms with Crippen LogP contribution in [0.5, 0.6) is 0 Å². The van der Waals surface area contributed by atoms with Crippen molar-refractivity contribution in [3.05, 3.63) is 58.5 Å². The molecule has 0 aliphatic rings. The van der Waals surface area contributed by atoms with E-state index in [4.69, 9.17) is 10.3 Å². The van der Waals surface area contributed by atoms with Gasteiger partial charge < -0.3 is 4.42 Å². The number of hydrogen-bond acceptors (Lipinski definition) is 3. The minimum absolute atomic E-state index is 0.0307. The molecule has 1 atom stereocenters. The maximum Gasteiger partial charge on any atom is 0.0954 e. The van der Waals surface area contributed by atoms with Gasteiger partial charge >= 0.3 is 0 Å². The second-order valence-electron chi connectivity index (χ2n) is 3.21. The van der Waals surface area contributed by atoms with Gasteiger partial charge in [-0.15, -0.1) is 0 Å². The lowest BCUT2D eigenvalue weighted by Gasteiger charge is -2.14. The highest BCUT2D eigenvalue weighted by Gasteiger charge is 2.12. The summed E-state index contributed by atoms with van der Waals surface area (Å²) < 4.78 is 6.09. The Morgan fingerprint density at radius 3 is 2.40 bits per heavy atom. The molecule has 0 fully saturated rings. The van der Waals surface area contributed by atoms with Crippen LogP contribution in [0.3, 0.4) is 0 Å². The zero-order chi connectivity index (χ0) is 10.7. The van der Waals surface area contributed by atoms with E-state index in [0.717, 1.165) is 15.6 Å². The van der Waals surface area contributed by atoms with Gasteiger partial charge in [0, 0.05) is 10.0 Å². The number of furan rings is 1. The van der Waals surface area contributed by atoms with E-state index >= 15 is 0 Å². The Morgan fingerprint density at radius 1 is 1.13 bits per heavy atom. The van der Waals surface area contributed by atoms with Crippen LogP contribution in [0, 0.1) is 0 Å². The molecule has 0 aliphatic heterocycles. The summed E-state index contributed by atoms with van der Waals surface area (Å²) in [5.41, 5.74) is 4.88. The Kier molecular flexibility index (Phi) is 3.20. The zero-order valence-corrected chi connectivity index (χ0v) is 9.57. The number of nitrogens with two attached hydrogens (primary N) is 1. The topological polar surface area (TPSA) is 51.2 Å². The van der Waals surface area contributed by atoms with E-state index in [1.54, 1.807) is 12.5 Å². The maximum absolute atomic E-state index is 5.53. The first-order valence-electron chi connectivity index (χ1n) is 4.55. The lowest BCUT2D eigenvalue weighted by atomic mass is 10.0. The molecule has 0 saturated heterocycles. The maximum atomic E-state index is 5.53. The quantitative estimate of drug-likeness (QED) is 0.663. The largest absolute Gasteiger partial charge is 0.472 e. The van der Waals surface area contributed by atoms with Crippen LogP contribution in [-0.2, 0) is 0 Å². The van der Waals surface area contributed by atoms with Crippen LogP contribution in [0.25, 0.3) is 0 Å². The highest BCUT2D eigenvalue weighted by Crippen LogP contribution is 2.23. The summed E-state index contributed by atoms with van der Waals surface area (Å²) in [6, 6.07) is 9.87. The lowest BCUT2D eigenvalue weighted by molar-refractivity contribution is 0.553. The van der Waals surface area contributed by atoms with Gasteiger partial charge in [-0.25, -0.2) is 5.43 Å². The Bertz CT molecular complexity index is 411. The highest BCUT2D eigenvalue weighted by molar-refractivity contribution is 9.10. The van der Waals surface area contributed by atoms with Crippen molar-refractivity contribution >= 4 is 15.9 Å². The molecule has 2 rings (SSSR count). The number of hydrogen-bond donors (Lipinski definition) is 2. The van der Waals surface area contributed by atoms with Gasteiger partial charge in [0.1, 0.15) is 0 Å². The van der Waals surface area contributed by atoms with Crippen molar-refractivity contribution in [3.63, 3.8) is 0 Å². The molecule has 1 unspecified atom stereocenters. The standard InChI is InChI=1S/C11H11BrN2O/c12-10-3-1-8(2-4-10)11(14-13)9-5-6-15-7-9/h1-7,11,14H,13H2. The third-order valence-corrected chi connectivity index (χ3v) is 2.78. The molecule has 2 aromatic rings. The number of rotatable bonds is 3.